The lowest BCUT2D eigenvalue weighted by molar-refractivity contribution is -0.277. The molecule has 1 aliphatic carbocycles. The van der Waals surface area contributed by atoms with Crippen LogP contribution >= 0.6 is 0 Å². The maximum atomic E-state index is 12.1. The summed E-state index contributed by atoms with van der Waals surface area (Å²) < 4.78 is 23.3. The Kier molecular flexibility index (Phi) is 7.68. The summed E-state index contributed by atoms with van der Waals surface area (Å²) in [4.78, 5) is 12.1. The van der Waals surface area contributed by atoms with Crippen molar-refractivity contribution in [2.45, 2.75) is 44.2 Å². The molecule has 2 aliphatic heterocycles. The topological polar surface area (TPSA) is 139 Å². The monoisotopic (exact) mass is 570 g/mol. The minimum absolute atomic E-state index is 0.132. The molecule has 0 unspecified atom stereocenters. The van der Waals surface area contributed by atoms with E-state index in [1.165, 1.54) is 6.07 Å². The maximum absolute atomic E-state index is 12.1. The fraction of sp³-hybridized carbons (Fsp3) is 0.242. The van der Waals surface area contributed by atoms with Gasteiger partial charge >= 0.3 is 0 Å². The molecule has 4 N–H and O–H groups in total. The summed E-state index contributed by atoms with van der Waals surface area (Å²) in [6.07, 6.45) is -6.78. The zero-order chi connectivity index (χ0) is 29.4. The van der Waals surface area contributed by atoms with Crippen LogP contribution < -0.4 is 14.9 Å². The molecule has 9 nitrogen and oxygen atoms in total. The van der Waals surface area contributed by atoms with E-state index in [1.54, 1.807) is 36.4 Å². The van der Waals surface area contributed by atoms with Crippen molar-refractivity contribution in [3.05, 3.63) is 106 Å². The summed E-state index contributed by atoms with van der Waals surface area (Å²) in [7, 11) is 0. The van der Waals surface area contributed by atoms with Gasteiger partial charge in [-0.05, 0) is 60.0 Å². The van der Waals surface area contributed by atoms with Crippen LogP contribution in [-0.2, 0) is 11.3 Å². The average molecular weight is 571 g/mol. The summed E-state index contributed by atoms with van der Waals surface area (Å²) in [6, 6.07) is 25.5. The molecule has 2 heterocycles. The molecule has 5 atom stereocenters. The smallest absolute Gasteiger partial charge is 0.229 e. The Hall–Kier alpha value is -4.25. The second-order valence-electron chi connectivity index (χ2n) is 10.4. The third-order valence-corrected chi connectivity index (χ3v) is 7.51. The Morgan fingerprint density at radius 1 is 0.810 bits per heavy atom. The van der Waals surface area contributed by atoms with E-state index in [9.17, 15) is 25.2 Å². The largest absolute Gasteiger partial charge is 0.489 e. The summed E-state index contributed by atoms with van der Waals surface area (Å²) in [5, 5.41) is 40.4. The van der Waals surface area contributed by atoms with Crippen LogP contribution in [0, 0.1) is 6.92 Å². The molecule has 0 saturated carbocycles. The van der Waals surface area contributed by atoms with Crippen LogP contribution in [0.2, 0.25) is 0 Å². The highest BCUT2D eigenvalue weighted by Crippen LogP contribution is 2.41. The maximum Gasteiger partial charge on any atom is 0.229 e. The van der Waals surface area contributed by atoms with E-state index in [1.807, 2.05) is 30.3 Å². The third kappa shape index (κ3) is 5.36. The van der Waals surface area contributed by atoms with Gasteiger partial charge in [0.15, 0.2) is 5.43 Å². The quantitative estimate of drug-likeness (QED) is 0.216. The van der Waals surface area contributed by atoms with Crippen LogP contribution in [0.5, 0.6) is 11.5 Å². The van der Waals surface area contributed by atoms with Crippen molar-refractivity contribution < 1.29 is 39.1 Å². The van der Waals surface area contributed by atoms with Crippen LogP contribution in [-0.4, -0.2) is 57.7 Å². The van der Waals surface area contributed by atoms with Crippen molar-refractivity contribution in [2.24, 2.45) is 0 Å². The van der Waals surface area contributed by atoms with Crippen LogP contribution in [0.25, 0.3) is 33.4 Å². The predicted molar refractivity (Wildman–Crippen MR) is 154 cm³/mol. The van der Waals surface area contributed by atoms with Crippen LogP contribution in [0.4, 0.5) is 0 Å². The summed E-state index contributed by atoms with van der Waals surface area (Å²) in [5.74, 6) is 1.45. The lowest BCUT2D eigenvalue weighted by Crippen LogP contribution is -2.60. The molecule has 3 aromatic rings. The lowest BCUT2D eigenvalue weighted by Gasteiger charge is -2.39. The first-order valence-corrected chi connectivity index (χ1v) is 13.6. The summed E-state index contributed by atoms with van der Waals surface area (Å²) in [5.41, 5.74) is 5.31. The van der Waals surface area contributed by atoms with E-state index < -0.39 is 37.3 Å². The fourth-order valence-electron chi connectivity index (χ4n) is 5.21. The molecular formula is C33H30O9. The Morgan fingerprint density at radius 3 is 2.33 bits per heavy atom. The number of aliphatic hydroxyl groups excluding tert-OH is 4. The van der Waals surface area contributed by atoms with Crippen molar-refractivity contribution in [3.8, 4) is 33.9 Å². The Balaban J connectivity index is 1.21. The molecule has 216 valence electrons. The molecule has 0 spiro atoms. The standard InChI is InChI=1S/C33H30O9/c1-18-4-2-3-5-23(18)29-24-12-8-20(35)14-26(24)41-27-15-22(11-13-25(27)29)39-17-19-6-9-21(10-7-19)40-33-32(38)31(37)30(36)28(16-34)42-33/h2-15,28,30-34,36-38H,16-17H2,1H3/t28-,30+,31+,32-,33-/m1/s1. The lowest BCUT2D eigenvalue weighted by atomic mass is 9.91. The highest BCUT2D eigenvalue weighted by atomic mass is 16.7. The van der Waals surface area contributed by atoms with E-state index in [2.05, 4.69) is 19.1 Å². The predicted octanol–water partition coefficient (Wildman–Crippen LogP) is 3.63. The van der Waals surface area contributed by atoms with E-state index in [4.69, 9.17) is 18.6 Å². The zero-order valence-electron chi connectivity index (χ0n) is 22.7. The van der Waals surface area contributed by atoms with Gasteiger partial charge in [0.05, 0.1) is 6.61 Å². The Bertz CT molecular complexity index is 1730. The van der Waals surface area contributed by atoms with Crippen molar-refractivity contribution >= 4 is 11.0 Å². The normalized spacial score (nSPS) is 22.4. The highest BCUT2D eigenvalue weighted by molar-refractivity contribution is 6.02. The minimum atomic E-state index is -1.52. The minimum Gasteiger partial charge on any atom is -0.489 e. The third-order valence-electron chi connectivity index (χ3n) is 7.51. The Labute approximate surface area is 241 Å². The number of aliphatic hydroxyl groups is 4. The molecule has 6 rings (SSSR count). The van der Waals surface area contributed by atoms with Gasteiger partial charge in [-0.15, -0.1) is 0 Å². The first kappa shape index (κ1) is 27.9. The van der Waals surface area contributed by atoms with Crippen molar-refractivity contribution in [1.29, 1.82) is 0 Å². The van der Waals surface area contributed by atoms with Crippen molar-refractivity contribution in [3.63, 3.8) is 0 Å². The van der Waals surface area contributed by atoms with Gasteiger partial charge in [-0.2, -0.15) is 0 Å². The molecule has 9 heteroatoms. The second kappa shape index (κ2) is 11.6. The van der Waals surface area contributed by atoms with Gasteiger partial charge in [-0.1, -0.05) is 36.4 Å². The Morgan fingerprint density at radius 2 is 1.57 bits per heavy atom. The van der Waals surface area contributed by atoms with Gasteiger partial charge in [-0.3, -0.25) is 4.79 Å². The van der Waals surface area contributed by atoms with Crippen molar-refractivity contribution in [2.75, 3.05) is 6.61 Å². The number of ether oxygens (including phenoxy) is 3. The summed E-state index contributed by atoms with van der Waals surface area (Å²) in [6.45, 7) is 1.76. The molecule has 1 fully saturated rings. The number of hydrogen-bond acceptors (Lipinski definition) is 9. The number of rotatable bonds is 7. The van der Waals surface area contributed by atoms with Crippen molar-refractivity contribution in [1.82, 2.24) is 0 Å². The van der Waals surface area contributed by atoms with Gasteiger partial charge in [0, 0.05) is 28.6 Å². The molecule has 1 saturated heterocycles. The van der Waals surface area contributed by atoms with Gasteiger partial charge in [0.2, 0.25) is 6.29 Å². The average Bonchev–Trinajstić information content (AvgIpc) is 3.00. The van der Waals surface area contributed by atoms with E-state index in [0.717, 1.165) is 33.2 Å². The molecule has 0 radical (unpaired) electrons. The second-order valence-corrected chi connectivity index (χ2v) is 10.4. The molecule has 0 amide bonds. The molecule has 3 aliphatic rings. The number of benzene rings is 4. The zero-order valence-corrected chi connectivity index (χ0v) is 22.7. The van der Waals surface area contributed by atoms with Crippen LogP contribution in [0.15, 0.2) is 94.1 Å². The number of hydrogen-bond donors (Lipinski definition) is 4. The summed E-state index contributed by atoms with van der Waals surface area (Å²) >= 11 is 0. The van der Waals surface area contributed by atoms with E-state index in [-0.39, 0.29) is 12.0 Å². The first-order valence-electron chi connectivity index (χ1n) is 13.6. The van der Waals surface area contributed by atoms with Gasteiger partial charge in [0.1, 0.15) is 53.9 Å². The molecule has 0 aromatic heterocycles. The SMILES string of the molecule is Cc1ccccc1-c1c2ccc(=O)cc-2oc2cc(OCc3ccc(O[C@@H]4O[C@H](CO)[C@H](O)[C@H](O)[C@H]4O)cc3)ccc12. The van der Waals surface area contributed by atoms with Gasteiger partial charge in [0.25, 0.3) is 0 Å². The molecule has 3 aromatic carbocycles. The van der Waals surface area contributed by atoms with E-state index in [0.29, 0.717) is 22.8 Å². The number of fused-ring (bicyclic) bond motifs is 2. The molecule has 42 heavy (non-hydrogen) atoms. The number of aryl methyl sites for hydroxylation is 1. The van der Waals surface area contributed by atoms with Crippen LogP contribution in [0.3, 0.4) is 0 Å². The highest BCUT2D eigenvalue weighted by Gasteiger charge is 2.44. The van der Waals surface area contributed by atoms with E-state index >= 15 is 0 Å². The van der Waals surface area contributed by atoms with Gasteiger partial charge in [-0.25, -0.2) is 0 Å². The molecular weight excluding hydrogens is 540 g/mol. The molecule has 0 bridgehead atoms. The fourth-order valence-corrected chi connectivity index (χ4v) is 5.21. The van der Waals surface area contributed by atoms with Crippen LogP contribution in [0.1, 0.15) is 11.1 Å². The first-order chi connectivity index (χ1) is 20.3. The van der Waals surface area contributed by atoms with Gasteiger partial charge < -0.3 is 39.1 Å².